The van der Waals surface area contributed by atoms with E-state index in [2.05, 4.69) is 17.2 Å². The number of hydrogen-bond acceptors (Lipinski definition) is 6. The minimum atomic E-state index is -0.276. The first kappa shape index (κ1) is 25.2. The van der Waals surface area contributed by atoms with Crippen LogP contribution >= 0.6 is 23.2 Å². The highest BCUT2D eigenvalue weighted by molar-refractivity contribution is 6.41. The summed E-state index contributed by atoms with van der Waals surface area (Å²) in [5.41, 5.74) is 0.949. The van der Waals surface area contributed by atoms with Crippen LogP contribution in [0.4, 0.5) is 5.95 Å². The van der Waals surface area contributed by atoms with Crippen LogP contribution < -0.4 is 20.3 Å². The standard InChI is InChI=1S/C27H32Cl2N4O3/c1-14-9-16(15-7-5-6-8-15)11-19(14)31-27-30-13-17-10-18(26(34)33(2)25(17)32-27)22-23(28)20(35-3)12-21(36-4)24(22)29/h10,12-16,19H,5-9,11H2,1-4H3,(H,30,31,32)/t14-,16?,19+/m0/s1. The zero-order chi connectivity index (χ0) is 25.6. The monoisotopic (exact) mass is 530 g/mol. The van der Waals surface area contributed by atoms with Crippen LogP contribution in [0.1, 0.15) is 45.4 Å². The summed E-state index contributed by atoms with van der Waals surface area (Å²) in [7, 11) is 4.69. The second-order valence-electron chi connectivity index (χ2n) is 10.2. The van der Waals surface area contributed by atoms with Crippen molar-refractivity contribution in [3.8, 4) is 22.6 Å². The molecule has 1 unspecified atom stereocenters. The number of ether oxygens (including phenoxy) is 2. The number of pyridine rings is 1. The van der Waals surface area contributed by atoms with Gasteiger partial charge in [0.25, 0.3) is 5.56 Å². The van der Waals surface area contributed by atoms with E-state index < -0.39 is 0 Å². The number of fused-ring (bicyclic) bond motifs is 1. The van der Waals surface area contributed by atoms with Gasteiger partial charge in [0, 0.05) is 36.3 Å². The third kappa shape index (κ3) is 4.41. The van der Waals surface area contributed by atoms with Gasteiger partial charge in [-0.1, -0.05) is 55.8 Å². The molecule has 2 aromatic heterocycles. The third-order valence-electron chi connectivity index (χ3n) is 8.09. The molecule has 0 bridgehead atoms. The summed E-state index contributed by atoms with van der Waals surface area (Å²) < 4.78 is 12.3. The summed E-state index contributed by atoms with van der Waals surface area (Å²) in [5.74, 6) is 3.49. The lowest BCUT2D eigenvalue weighted by Crippen LogP contribution is -2.25. The zero-order valence-electron chi connectivity index (χ0n) is 21.1. The van der Waals surface area contributed by atoms with Crippen molar-refractivity contribution in [2.24, 2.45) is 24.8 Å². The van der Waals surface area contributed by atoms with E-state index in [1.807, 2.05) is 0 Å². The van der Waals surface area contributed by atoms with Crippen LogP contribution in [0.3, 0.4) is 0 Å². The summed E-state index contributed by atoms with van der Waals surface area (Å²) >= 11 is 13.2. The first-order valence-corrected chi connectivity index (χ1v) is 13.3. The summed E-state index contributed by atoms with van der Waals surface area (Å²) in [6, 6.07) is 3.66. The van der Waals surface area contributed by atoms with Crippen molar-refractivity contribution < 1.29 is 9.47 Å². The van der Waals surface area contributed by atoms with Crippen molar-refractivity contribution in [1.82, 2.24) is 14.5 Å². The van der Waals surface area contributed by atoms with Gasteiger partial charge in [0.1, 0.15) is 17.1 Å². The number of nitrogens with one attached hydrogen (secondary N) is 1. The minimum Gasteiger partial charge on any atom is -0.495 e. The Bertz CT molecular complexity index is 1330. The molecule has 5 rings (SSSR count). The molecule has 3 aromatic rings. The van der Waals surface area contributed by atoms with E-state index in [9.17, 15) is 4.79 Å². The minimum absolute atomic E-state index is 0.242. The Hall–Kier alpha value is -2.51. The van der Waals surface area contributed by atoms with Crippen molar-refractivity contribution in [2.45, 2.75) is 51.5 Å². The molecule has 9 heteroatoms. The lowest BCUT2D eigenvalue weighted by atomic mass is 9.89. The summed E-state index contributed by atoms with van der Waals surface area (Å²) in [6.07, 6.45) is 9.62. The van der Waals surface area contributed by atoms with E-state index in [0.717, 1.165) is 18.3 Å². The predicted molar refractivity (Wildman–Crippen MR) is 145 cm³/mol. The molecule has 0 aliphatic heterocycles. The van der Waals surface area contributed by atoms with Gasteiger partial charge in [-0.05, 0) is 36.7 Å². The van der Waals surface area contributed by atoms with Gasteiger partial charge in [-0.3, -0.25) is 9.36 Å². The molecular weight excluding hydrogens is 499 g/mol. The van der Waals surface area contributed by atoms with E-state index >= 15 is 0 Å². The van der Waals surface area contributed by atoms with Crippen LogP contribution in [0.5, 0.6) is 11.5 Å². The van der Waals surface area contributed by atoms with Crippen molar-refractivity contribution in [1.29, 1.82) is 0 Å². The van der Waals surface area contributed by atoms with Gasteiger partial charge in [0.15, 0.2) is 0 Å². The van der Waals surface area contributed by atoms with Gasteiger partial charge in [-0.15, -0.1) is 0 Å². The molecule has 2 aliphatic rings. The number of halogens is 2. The molecule has 3 atom stereocenters. The number of anilines is 1. The molecule has 0 amide bonds. The molecule has 36 heavy (non-hydrogen) atoms. The fraction of sp³-hybridized carbons (Fsp3) is 0.519. The number of hydrogen-bond donors (Lipinski definition) is 1. The molecule has 1 aromatic carbocycles. The number of aryl methyl sites for hydroxylation is 1. The maximum Gasteiger partial charge on any atom is 0.259 e. The Morgan fingerprint density at radius 1 is 1.03 bits per heavy atom. The lowest BCUT2D eigenvalue weighted by molar-refractivity contribution is 0.338. The van der Waals surface area contributed by atoms with Crippen molar-refractivity contribution in [2.75, 3.05) is 19.5 Å². The Morgan fingerprint density at radius 3 is 2.33 bits per heavy atom. The van der Waals surface area contributed by atoms with Crippen LogP contribution in [0.2, 0.25) is 10.0 Å². The molecule has 0 radical (unpaired) electrons. The third-order valence-corrected chi connectivity index (χ3v) is 8.84. The smallest absolute Gasteiger partial charge is 0.259 e. The van der Waals surface area contributed by atoms with Gasteiger partial charge in [-0.25, -0.2) is 4.98 Å². The number of nitrogens with zero attached hydrogens (tertiary/aromatic N) is 3. The highest BCUT2D eigenvalue weighted by Gasteiger charge is 2.37. The molecule has 192 valence electrons. The zero-order valence-corrected chi connectivity index (χ0v) is 22.6. The highest BCUT2D eigenvalue weighted by Crippen LogP contribution is 2.46. The van der Waals surface area contributed by atoms with Gasteiger partial charge < -0.3 is 14.8 Å². The number of rotatable bonds is 6. The van der Waals surface area contributed by atoms with Crippen molar-refractivity contribution >= 4 is 40.2 Å². The molecule has 7 nitrogen and oxygen atoms in total. The van der Waals surface area contributed by atoms with Crippen molar-refractivity contribution in [3.05, 3.63) is 38.7 Å². The molecule has 2 aliphatic carbocycles. The van der Waals surface area contributed by atoms with Gasteiger partial charge >= 0.3 is 0 Å². The average Bonchev–Trinajstić information content (AvgIpc) is 3.53. The predicted octanol–water partition coefficient (Wildman–Crippen LogP) is 6.34. The van der Waals surface area contributed by atoms with Gasteiger partial charge in [0.2, 0.25) is 5.95 Å². The SMILES string of the molecule is COc1cc(OC)c(Cl)c(-c2cc3cnc(N[C@@H]4CC(C5CCCC5)C[C@@H]4C)nc3n(C)c2=O)c1Cl. The van der Waals surface area contributed by atoms with Gasteiger partial charge in [-0.2, -0.15) is 4.98 Å². The maximum atomic E-state index is 13.5. The van der Waals surface area contributed by atoms with Crippen LogP contribution in [0.15, 0.2) is 23.1 Å². The second kappa shape index (κ2) is 10.1. The molecular formula is C27H32Cl2N4O3. The first-order chi connectivity index (χ1) is 17.3. The fourth-order valence-electron chi connectivity index (χ4n) is 6.09. The normalized spacial score (nSPS) is 22.3. The first-order valence-electron chi connectivity index (χ1n) is 12.6. The Labute approximate surface area is 221 Å². The molecule has 0 spiro atoms. The lowest BCUT2D eigenvalue weighted by Gasteiger charge is -2.19. The van der Waals surface area contributed by atoms with Gasteiger partial charge in [0.05, 0.1) is 29.8 Å². The Balaban J connectivity index is 1.49. The summed E-state index contributed by atoms with van der Waals surface area (Å²) in [5, 5.41) is 4.75. The topological polar surface area (TPSA) is 78.3 Å². The molecule has 2 fully saturated rings. The molecule has 1 N–H and O–H groups in total. The highest BCUT2D eigenvalue weighted by atomic mass is 35.5. The number of benzene rings is 1. The van der Waals surface area contributed by atoms with Crippen LogP contribution in [0, 0.1) is 17.8 Å². The average molecular weight is 531 g/mol. The Kier molecular flexibility index (Phi) is 7.05. The molecule has 2 saturated carbocycles. The fourth-order valence-corrected chi connectivity index (χ4v) is 6.80. The molecule has 0 saturated heterocycles. The van der Waals surface area contributed by atoms with E-state index in [4.69, 9.17) is 37.7 Å². The van der Waals surface area contributed by atoms with E-state index in [-0.39, 0.29) is 15.6 Å². The van der Waals surface area contributed by atoms with E-state index in [0.29, 0.717) is 51.6 Å². The summed E-state index contributed by atoms with van der Waals surface area (Å²) in [4.78, 5) is 22.8. The van der Waals surface area contributed by atoms with Crippen LogP contribution in [-0.2, 0) is 7.05 Å². The van der Waals surface area contributed by atoms with E-state index in [1.54, 1.807) is 25.4 Å². The number of aromatic nitrogens is 3. The Morgan fingerprint density at radius 2 is 1.69 bits per heavy atom. The quantitative estimate of drug-likeness (QED) is 0.400. The van der Waals surface area contributed by atoms with E-state index in [1.165, 1.54) is 50.9 Å². The van der Waals surface area contributed by atoms with Crippen LogP contribution in [0.25, 0.3) is 22.2 Å². The number of methoxy groups -OCH3 is 2. The second-order valence-corrected chi connectivity index (χ2v) is 10.9. The summed E-state index contributed by atoms with van der Waals surface area (Å²) in [6.45, 7) is 2.31. The maximum absolute atomic E-state index is 13.5. The van der Waals surface area contributed by atoms with Crippen molar-refractivity contribution in [3.63, 3.8) is 0 Å². The van der Waals surface area contributed by atoms with Crippen LogP contribution in [-0.4, -0.2) is 34.8 Å². The largest absolute Gasteiger partial charge is 0.495 e. The molecule has 2 heterocycles.